The van der Waals surface area contributed by atoms with E-state index in [9.17, 15) is 24.5 Å². The van der Waals surface area contributed by atoms with Crippen LogP contribution in [0.1, 0.15) is 17.3 Å². The number of carbonyl (C=O) groups is 2. The molecule has 0 aliphatic carbocycles. The van der Waals surface area contributed by atoms with E-state index in [1.807, 2.05) is 5.43 Å². The van der Waals surface area contributed by atoms with Gasteiger partial charge in [-0.15, -0.1) is 0 Å². The Morgan fingerprint density at radius 2 is 1.79 bits per heavy atom. The molecule has 0 saturated heterocycles. The van der Waals surface area contributed by atoms with Crippen molar-refractivity contribution in [3.63, 3.8) is 0 Å². The molecule has 19 heavy (non-hydrogen) atoms. The number of hydrazine groups is 1. The molecule has 1 aromatic rings. The van der Waals surface area contributed by atoms with Gasteiger partial charge in [-0.2, -0.15) is 0 Å². The summed E-state index contributed by atoms with van der Waals surface area (Å²) in [5.41, 5.74) is 3.80. The van der Waals surface area contributed by atoms with Crippen LogP contribution in [0.2, 0.25) is 0 Å². The fourth-order valence-corrected chi connectivity index (χ4v) is 1.06. The van der Waals surface area contributed by atoms with Gasteiger partial charge in [0, 0.05) is 17.7 Å². The zero-order valence-corrected chi connectivity index (χ0v) is 9.80. The van der Waals surface area contributed by atoms with Crippen molar-refractivity contribution in [2.75, 3.05) is 0 Å². The average molecular weight is 263 g/mol. The van der Waals surface area contributed by atoms with Gasteiger partial charge in [0.15, 0.2) is 0 Å². The summed E-state index contributed by atoms with van der Waals surface area (Å²) >= 11 is 0. The lowest BCUT2D eigenvalue weighted by Crippen LogP contribution is -2.42. The number of non-ortho nitro benzene ring substituents is 1. The number of nitrogens with one attached hydrogen (secondary N) is 2. The van der Waals surface area contributed by atoms with E-state index in [2.05, 4.69) is 5.43 Å². The van der Waals surface area contributed by atoms with Gasteiger partial charge in [0.05, 0.1) is 10.5 Å². The summed E-state index contributed by atoms with van der Waals surface area (Å²) in [6, 6.07) is 4.80. The third kappa shape index (κ3) is 3.76. The molecule has 1 aromatic carbocycles. The topological polar surface area (TPSA) is 118 Å². The Morgan fingerprint density at radius 1 is 1.21 bits per heavy atom. The highest BCUT2D eigenvalue weighted by atomic mass is 16.6. The van der Waals surface area contributed by atoms with E-state index in [1.54, 1.807) is 0 Å². The molecule has 0 atom stereocenters. The molecule has 0 spiro atoms. The maximum absolute atomic E-state index is 11.5. The first kappa shape index (κ1) is 14.1. The number of benzene rings is 1. The standard InChI is InChI=1S/C11H9N3O5/c1-7(6-15)10(16)12-13-11(17)8-2-4-9(5-3-8)14(18)19/h2-5H,1H3,(H,12,16)(H,13,17). The minimum absolute atomic E-state index is 0.124. The third-order valence-electron chi connectivity index (χ3n) is 2.12. The van der Waals surface area contributed by atoms with Gasteiger partial charge in [0.2, 0.25) is 0 Å². The van der Waals surface area contributed by atoms with Crippen molar-refractivity contribution in [2.24, 2.45) is 0 Å². The lowest BCUT2D eigenvalue weighted by molar-refractivity contribution is -0.384. The molecule has 0 heterocycles. The number of nitro benzene ring substituents is 1. The molecular formula is C11H9N3O5. The van der Waals surface area contributed by atoms with Crippen molar-refractivity contribution < 1.29 is 19.3 Å². The van der Waals surface area contributed by atoms with Crippen LogP contribution in [-0.4, -0.2) is 22.7 Å². The van der Waals surface area contributed by atoms with Crippen LogP contribution in [-0.2, 0) is 9.59 Å². The lowest BCUT2D eigenvalue weighted by atomic mass is 10.2. The number of carbonyl (C=O) groups excluding carboxylic acids is 3. The Bertz CT molecular complexity index is 572. The minimum atomic E-state index is -0.787. The van der Waals surface area contributed by atoms with Crippen molar-refractivity contribution in [1.82, 2.24) is 10.9 Å². The predicted octanol–water partition coefficient (Wildman–Crippen LogP) is 0.134. The van der Waals surface area contributed by atoms with Crippen LogP contribution in [0, 0.1) is 10.1 Å². The molecule has 0 aromatic heterocycles. The van der Waals surface area contributed by atoms with E-state index in [4.69, 9.17) is 0 Å². The number of nitrogens with zero attached hydrogens (tertiary/aromatic N) is 1. The van der Waals surface area contributed by atoms with Crippen molar-refractivity contribution >= 4 is 23.4 Å². The molecule has 0 fully saturated rings. The van der Waals surface area contributed by atoms with Crippen molar-refractivity contribution in [2.45, 2.75) is 6.92 Å². The third-order valence-corrected chi connectivity index (χ3v) is 2.12. The van der Waals surface area contributed by atoms with Gasteiger partial charge < -0.3 is 0 Å². The molecule has 2 amide bonds. The monoisotopic (exact) mass is 263 g/mol. The molecule has 0 unspecified atom stereocenters. The van der Waals surface area contributed by atoms with Crippen LogP contribution in [0.5, 0.6) is 0 Å². The molecule has 2 N–H and O–H groups in total. The number of hydrogen-bond donors (Lipinski definition) is 2. The smallest absolute Gasteiger partial charge is 0.267 e. The van der Waals surface area contributed by atoms with Crippen molar-refractivity contribution in [3.8, 4) is 0 Å². The Balaban J connectivity index is 2.66. The van der Waals surface area contributed by atoms with Crippen LogP contribution in [0.4, 0.5) is 5.69 Å². The Labute approximate surface area is 107 Å². The zero-order valence-electron chi connectivity index (χ0n) is 9.80. The fourth-order valence-electron chi connectivity index (χ4n) is 1.06. The number of amides is 2. The number of hydrogen-bond acceptors (Lipinski definition) is 5. The molecule has 98 valence electrons. The van der Waals surface area contributed by atoms with Crippen molar-refractivity contribution in [3.05, 3.63) is 45.5 Å². The zero-order chi connectivity index (χ0) is 14.4. The van der Waals surface area contributed by atoms with Gasteiger partial charge in [0.1, 0.15) is 5.94 Å². The van der Waals surface area contributed by atoms with E-state index >= 15 is 0 Å². The molecule has 8 heteroatoms. The summed E-state index contributed by atoms with van der Waals surface area (Å²) < 4.78 is 0. The lowest BCUT2D eigenvalue weighted by Gasteiger charge is -2.05. The normalized spacial score (nSPS) is 9.11. The van der Waals surface area contributed by atoms with Crippen molar-refractivity contribution in [1.29, 1.82) is 0 Å². The molecule has 0 saturated carbocycles. The van der Waals surface area contributed by atoms with Crippen LogP contribution >= 0.6 is 0 Å². The van der Waals surface area contributed by atoms with E-state index in [-0.39, 0.29) is 16.8 Å². The maximum Gasteiger partial charge on any atom is 0.276 e. The van der Waals surface area contributed by atoms with Gasteiger partial charge in [-0.1, -0.05) is 0 Å². The quantitative estimate of drug-likeness (QED) is 0.348. The SMILES string of the molecule is CC(=C=O)C(=O)NNC(=O)c1ccc([N+](=O)[O-])cc1. The summed E-state index contributed by atoms with van der Waals surface area (Å²) in [6.45, 7) is 1.24. The molecule has 0 radical (unpaired) electrons. The fraction of sp³-hybridized carbons (Fsp3) is 0.0909. The van der Waals surface area contributed by atoms with Gasteiger partial charge in [0.25, 0.3) is 17.5 Å². The van der Waals surface area contributed by atoms with Gasteiger partial charge in [-0.25, -0.2) is 4.79 Å². The highest BCUT2D eigenvalue weighted by molar-refractivity contribution is 6.02. The highest BCUT2D eigenvalue weighted by Gasteiger charge is 2.11. The predicted molar refractivity (Wildman–Crippen MR) is 63.6 cm³/mol. The van der Waals surface area contributed by atoms with Crippen LogP contribution in [0.3, 0.4) is 0 Å². The Kier molecular flexibility index (Phi) is 4.50. The molecule has 1 rings (SSSR count). The Morgan fingerprint density at radius 3 is 2.26 bits per heavy atom. The Hall–Kier alpha value is -2.99. The van der Waals surface area contributed by atoms with Gasteiger partial charge >= 0.3 is 0 Å². The maximum atomic E-state index is 11.5. The van der Waals surface area contributed by atoms with Crippen LogP contribution in [0.15, 0.2) is 29.8 Å². The van der Waals surface area contributed by atoms with Crippen LogP contribution < -0.4 is 10.9 Å². The summed E-state index contributed by atoms with van der Waals surface area (Å²) in [5, 5.41) is 10.4. The number of nitro groups is 1. The second-order valence-corrected chi connectivity index (χ2v) is 3.44. The van der Waals surface area contributed by atoms with E-state index in [0.29, 0.717) is 0 Å². The average Bonchev–Trinajstić information content (AvgIpc) is 2.43. The minimum Gasteiger partial charge on any atom is -0.267 e. The van der Waals surface area contributed by atoms with E-state index in [1.165, 1.54) is 25.0 Å². The van der Waals surface area contributed by atoms with Crippen LogP contribution in [0.25, 0.3) is 0 Å². The highest BCUT2D eigenvalue weighted by Crippen LogP contribution is 2.11. The van der Waals surface area contributed by atoms with Gasteiger partial charge in [-0.05, 0) is 19.1 Å². The largest absolute Gasteiger partial charge is 0.276 e. The summed E-state index contributed by atoms with van der Waals surface area (Å²) in [5.74, 6) is -0.0752. The second kappa shape index (κ2) is 6.08. The molecular weight excluding hydrogens is 254 g/mol. The van der Waals surface area contributed by atoms with E-state index in [0.717, 1.165) is 12.1 Å². The molecule has 0 aliphatic heterocycles. The molecule has 0 aliphatic rings. The number of rotatable bonds is 3. The summed E-state index contributed by atoms with van der Waals surface area (Å²) in [6.07, 6.45) is 0. The molecule has 0 bridgehead atoms. The molecule has 8 nitrogen and oxygen atoms in total. The van der Waals surface area contributed by atoms with Gasteiger partial charge in [-0.3, -0.25) is 30.6 Å². The van der Waals surface area contributed by atoms with E-state index < -0.39 is 16.7 Å². The first-order valence-corrected chi connectivity index (χ1v) is 5.02. The summed E-state index contributed by atoms with van der Waals surface area (Å²) in [4.78, 5) is 42.7. The summed E-state index contributed by atoms with van der Waals surface area (Å²) in [7, 11) is 0. The second-order valence-electron chi connectivity index (χ2n) is 3.44. The first-order chi connectivity index (χ1) is 8.95. The first-order valence-electron chi connectivity index (χ1n) is 5.02.